The Morgan fingerprint density at radius 1 is 1.32 bits per heavy atom. The Bertz CT molecular complexity index is 466. The van der Waals surface area contributed by atoms with Crippen LogP contribution in [0.4, 0.5) is 0 Å². The lowest BCUT2D eigenvalue weighted by atomic mass is 10.1. The van der Waals surface area contributed by atoms with Gasteiger partial charge in [-0.3, -0.25) is 14.3 Å². The van der Waals surface area contributed by atoms with Crippen molar-refractivity contribution < 1.29 is 14.7 Å². The van der Waals surface area contributed by atoms with Crippen LogP contribution >= 0.6 is 0 Å². The third kappa shape index (κ3) is 4.73. The van der Waals surface area contributed by atoms with E-state index in [0.29, 0.717) is 6.54 Å². The average molecular weight is 267 g/mol. The molecule has 0 fully saturated rings. The van der Waals surface area contributed by atoms with Gasteiger partial charge in [-0.05, 0) is 32.3 Å². The Balaban J connectivity index is 2.27. The van der Waals surface area contributed by atoms with E-state index in [9.17, 15) is 9.59 Å². The average Bonchev–Trinajstić information content (AvgIpc) is 2.57. The maximum absolute atomic E-state index is 11.3. The molecule has 0 radical (unpaired) electrons. The van der Waals surface area contributed by atoms with Crippen LogP contribution in [-0.2, 0) is 23.1 Å². The van der Waals surface area contributed by atoms with Gasteiger partial charge in [-0.25, -0.2) is 0 Å². The number of aromatic nitrogens is 2. The summed E-state index contributed by atoms with van der Waals surface area (Å²) in [5, 5.41) is 15.5. The molecule has 0 atom stereocenters. The quantitative estimate of drug-likeness (QED) is 0.720. The molecule has 0 aliphatic rings. The van der Waals surface area contributed by atoms with Gasteiger partial charge in [-0.1, -0.05) is 0 Å². The summed E-state index contributed by atoms with van der Waals surface area (Å²) in [5.74, 6) is -1.15. The van der Waals surface area contributed by atoms with Crippen LogP contribution in [0.3, 0.4) is 0 Å². The lowest BCUT2D eigenvalue weighted by Gasteiger charge is -2.05. The van der Waals surface area contributed by atoms with Crippen molar-refractivity contribution in [3.63, 3.8) is 0 Å². The predicted molar refractivity (Wildman–Crippen MR) is 70.9 cm³/mol. The summed E-state index contributed by atoms with van der Waals surface area (Å²) >= 11 is 0. The number of hydrogen-bond donors (Lipinski definition) is 2. The predicted octanol–water partition coefficient (Wildman–Crippen LogP) is 0.951. The number of carboxylic acid groups (broad SMARTS) is 1. The van der Waals surface area contributed by atoms with E-state index in [4.69, 9.17) is 5.11 Å². The first-order valence-electron chi connectivity index (χ1n) is 6.39. The topological polar surface area (TPSA) is 84.2 Å². The van der Waals surface area contributed by atoms with Crippen molar-refractivity contribution in [3.8, 4) is 0 Å². The molecule has 2 N–H and O–H groups in total. The molecule has 0 unspecified atom stereocenters. The first-order valence-corrected chi connectivity index (χ1v) is 6.39. The number of amides is 1. The van der Waals surface area contributed by atoms with E-state index in [0.717, 1.165) is 24.2 Å². The van der Waals surface area contributed by atoms with Crippen LogP contribution in [0.2, 0.25) is 0 Å². The number of carbonyl (C=O) groups is 2. The molecule has 1 aromatic heterocycles. The smallest absolute Gasteiger partial charge is 0.303 e. The van der Waals surface area contributed by atoms with Crippen molar-refractivity contribution in [2.75, 3.05) is 6.54 Å². The van der Waals surface area contributed by atoms with Crippen LogP contribution in [0, 0.1) is 13.8 Å². The van der Waals surface area contributed by atoms with Crippen molar-refractivity contribution in [2.24, 2.45) is 7.05 Å². The van der Waals surface area contributed by atoms with E-state index in [-0.39, 0.29) is 18.7 Å². The molecule has 106 valence electrons. The second-order valence-electron chi connectivity index (χ2n) is 4.62. The number of aliphatic carboxylic acids is 1. The summed E-state index contributed by atoms with van der Waals surface area (Å²) in [6.45, 7) is 4.57. The molecule has 1 amide bonds. The minimum Gasteiger partial charge on any atom is -0.481 e. The fourth-order valence-electron chi connectivity index (χ4n) is 1.98. The second kappa shape index (κ2) is 6.92. The van der Waals surface area contributed by atoms with Gasteiger partial charge >= 0.3 is 5.97 Å². The van der Waals surface area contributed by atoms with E-state index in [2.05, 4.69) is 10.4 Å². The molecule has 6 nitrogen and oxygen atoms in total. The molecule has 0 aliphatic carbocycles. The van der Waals surface area contributed by atoms with Crippen LogP contribution in [-0.4, -0.2) is 33.3 Å². The van der Waals surface area contributed by atoms with Gasteiger partial charge in [0.25, 0.3) is 0 Å². The van der Waals surface area contributed by atoms with E-state index < -0.39 is 5.97 Å². The summed E-state index contributed by atoms with van der Waals surface area (Å²) in [4.78, 5) is 21.6. The van der Waals surface area contributed by atoms with Crippen molar-refractivity contribution >= 4 is 11.9 Å². The maximum Gasteiger partial charge on any atom is 0.303 e. The molecule has 1 rings (SSSR count). The van der Waals surface area contributed by atoms with Gasteiger partial charge in [0.1, 0.15) is 0 Å². The fraction of sp³-hybridized carbons (Fsp3) is 0.615. The Labute approximate surface area is 112 Å². The van der Waals surface area contributed by atoms with Gasteiger partial charge < -0.3 is 10.4 Å². The minimum absolute atomic E-state index is 0.0419. The molecule has 0 aromatic carbocycles. The minimum atomic E-state index is -0.947. The highest BCUT2D eigenvalue weighted by atomic mass is 16.4. The third-order valence-electron chi connectivity index (χ3n) is 3.15. The summed E-state index contributed by atoms with van der Waals surface area (Å²) in [6.07, 6.45) is 1.61. The van der Waals surface area contributed by atoms with Gasteiger partial charge in [0, 0.05) is 25.7 Å². The van der Waals surface area contributed by atoms with E-state index in [1.165, 1.54) is 5.56 Å². The standard InChI is InChI=1S/C13H21N3O3/c1-9-11(10(2)16(3)15-9)5-4-8-14-12(17)6-7-13(18)19/h4-8H2,1-3H3,(H,14,17)(H,18,19). The summed E-state index contributed by atoms with van der Waals surface area (Å²) in [6, 6.07) is 0. The number of carbonyl (C=O) groups excluding carboxylic acids is 1. The normalized spacial score (nSPS) is 10.5. The Kier molecular flexibility index (Phi) is 5.54. The number of carboxylic acids is 1. The SMILES string of the molecule is Cc1nn(C)c(C)c1CCCNC(=O)CCC(=O)O. The van der Waals surface area contributed by atoms with Gasteiger partial charge in [-0.15, -0.1) is 0 Å². The number of hydrogen-bond acceptors (Lipinski definition) is 3. The zero-order chi connectivity index (χ0) is 14.4. The van der Waals surface area contributed by atoms with Gasteiger partial charge in [0.05, 0.1) is 12.1 Å². The molecule has 19 heavy (non-hydrogen) atoms. The van der Waals surface area contributed by atoms with Crippen LogP contribution in [0.1, 0.15) is 36.2 Å². The number of nitrogens with one attached hydrogen (secondary N) is 1. The molecular formula is C13H21N3O3. The van der Waals surface area contributed by atoms with Crippen LogP contribution < -0.4 is 5.32 Å². The monoisotopic (exact) mass is 267 g/mol. The zero-order valence-electron chi connectivity index (χ0n) is 11.7. The molecule has 0 spiro atoms. The van der Waals surface area contributed by atoms with Crippen LogP contribution in [0.25, 0.3) is 0 Å². The van der Waals surface area contributed by atoms with E-state index >= 15 is 0 Å². The molecule has 0 aliphatic heterocycles. The van der Waals surface area contributed by atoms with Crippen molar-refractivity contribution in [1.29, 1.82) is 0 Å². The zero-order valence-corrected chi connectivity index (χ0v) is 11.7. The highest BCUT2D eigenvalue weighted by Gasteiger charge is 2.09. The first-order chi connectivity index (χ1) is 8.91. The van der Waals surface area contributed by atoms with Crippen molar-refractivity contribution in [2.45, 2.75) is 39.5 Å². The molecule has 0 saturated heterocycles. The maximum atomic E-state index is 11.3. The second-order valence-corrected chi connectivity index (χ2v) is 4.62. The molecule has 1 aromatic rings. The van der Waals surface area contributed by atoms with Gasteiger partial charge in [0.15, 0.2) is 0 Å². The number of rotatable bonds is 7. The first kappa shape index (κ1) is 15.2. The van der Waals surface area contributed by atoms with Crippen molar-refractivity contribution in [1.82, 2.24) is 15.1 Å². The Morgan fingerprint density at radius 2 is 2.00 bits per heavy atom. The van der Waals surface area contributed by atoms with Gasteiger partial charge in [0.2, 0.25) is 5.91 Å². The van der Waals surface area contributed by atoms with Crippen LogP contribution in [0.15, 0.2) is 0 Å². The summed E-state index contributed by atoms with van der Waals surface area (Å²) in [5.41, 5.74) is 3.40. The Morgan fingerprint density at radius 3 is 2.53 bits per heavy atom. The van der Waals surface area contributed by atoms with Crippen molar-refractivity contribution in [3.05, 3.63) is 17.0 Å². The summed E-state index contributed by atoms with van der Waals surface area (Å²) in [7, 11) is 1.92. The lowest BCUT2D eigenvalue weighted by molar-refractivity contribution is -0.138. The fourth-order valence-corrected chi connectivity index (χ4v) is 1.98. The third-order valence-corrected chi connectivity index (χ3v) is 3.15. The highest BCUT2D eigenvalue weighted by molar-refractivity contribution is 5.80. The summed E-state index contributed by atoms with van der Waals surface area (Å²) < 4.78 is 1.86. The van der Waals surface area contributed by atoms with Gasteiger partial charge in [-0.2, -0.15) is 5.10 Å². The molecular weight excluding hydrogens is 246 g/mol. The molecule has 0 bridgehead atoms. The number of aryl methyl sites for hydroxylation is 2. The van der Waals surface area contributed by atoms with Crippen LogP contribution in [0.5, 0.6) is 0 Å². The van der Waals surface area contributed by atoms with E-state index in [1.54, 1.807) is 0 Å². The molecule has 6 heteroatoms. The largest absolute Gasteiger partial charge is 0.481 e. The van der Waals surface area contributed by atoms with E-state index in [1.807, 2.05) is 25.6 Å². The molecule has 1 heterocycles. The highest BCUT2D eigenvalue weighted by Crippen LogP contribution is 2.13. The number of nitrogens with zero attached hydrogens (tertiary/aromatic N) is 2. The Hall–Kier alpha value is -1.85. The lowest BCUT2D eigenvalue weighted by Crippen LogP contribution is -2.25. The molecule has 0 saturated carbocycles.